The monoisotopic (exact) mass is 485 g/mol. The first kappa shape index (κ1) is 25.9. The molecule has 3 fully saturated rings. The maximum absolute atomic E-state index is 9.34. The van der Waals surface area contributed by atoms with Crippen molar-refractivity contribution in [3.8, 4) is 0 Å². The fraction of sp³-hybridized carbons (Fsp3) is 0.867. The summed E-state index contributed by atoms with van der Waals surface area (Å²) < 4.78 is 0. The topological polar surface area (TPSA) is 59.0 Å². The Bertz CT molecular complexity index is 706. The first-order valence-corrected chi connectivity index (χ1v) is 15.0. The first-order chi connectivity index (χ1) is 17.2. The van der Waals surface area contributed by atoms with Crippen molar-refractivity contribution in [3.63, 3.8) is 0 Å². The highest BCUT2D eigenvalue weighted by Crippen LogP contribution is 2.48. The summed E-state index contributed by atoms with van der Waals surface area (Å²) in [6.45, 7) is 6.19. The van der Waals surface area contributed by atoms with Crippen LogP contribution in [0, 0.1) is 35.5 Å². The number of aliphatic hydroxyl groups excluding tert-OH is 2. The molecule has 5 rings (SSSR count). The zero-order chi connectivity index (χ0) is 24.0. The number of aliphatic hydroxyl groups is 2. The van der Waals surface area contributed by atoms with Crippen LogP contribution in [0.25, 0.3) is 0 Å². The van der Waals surface area contributed by atoms with Crippen LogP contribution < -0.4 is 5.32 Å². The van der Waals surface area contributed by atoms with E-state index in [4.69, 9.17) is 0 Å². The molecular formula is C30H51N3O2. The molecule has 35 heavy (non-hydrogen) atoms. The molecule has 0 spiro atoms. The van der Waals surface area contributed by atoms with Crippen LogP contribution in [-0.4, -0.2) is 84.6 Å². The predicted molar refractivity (Wildman–Crippen MR) is 143 cm³/mol. The summed E-state index contributed by atoms with van der Waals surface area (Å²) in [7, 11) is 0. The van der Waals surface area contributed by atoms with Gasteiger partial charge in [0.2, 0.25) is 0 Å². The normalized spacial score (nSPS) is 36.7. The molecule has 0 amide bonds. The van der Waals surface area contributed by atoms with Gasteiger partial charge in [0, 0.05) is 38.3 Å². The predicted octanol–water partition coefficient (Wildman–Crippen LogP) is 3.68. The average Bonchev–Trinajstić information content (AvgIpc) is 3.68. The fourth-order valence-corrected chi connectivity index (χ4v) is 8.40. The third-order valence-electron chi connectivity index (χ3n) is 10.3. The lowest BCUT2D eigenvalue weighted by Crippen LogP contribution is -2.47. The van der Waals surface area contributed by atoms with Gasteiger partial charge < -0.3 is 15.5 Å². The van der Waals surface area contributed by atoms with E-state index in [2.05, 4.69) is 39.4 Å². The second kappa shape index (κ2) is 12.7. The molecule has 1 heterocycles. The van der Waals surface area contributed by atoms with E-state index in [0.717, 1.165) is 61.6 Å². The SMILES string of the molecule is OCCN(CCO)CCC1CCCCN1CCNC(CCC1CC2C=CC1C2)C1CC2C=CC1C2. The minimum Gasteiger partial charge on any atom is -0.395 e. The van der Waals surface area contributed by atoms with E-state index in [0.29, 0.717) is 25.2 Å². The molecule has 4 bridgehead atoms. The van der Waals surface area contributed by atoms with Gasteiger partial charge >= 0.3 is 0 Å². The van der Waals surface area contributed by atoms with Gasteiger partial charge in [-0.15, -0.1) is 0 Å². The molecule has 1 aliphatic heterocycles. The molecule has 0 aromatic rings. The number of nitrogens with zero attached hydrogens (tertiary/aromatic N) is 2. The summed E-state index contributed by atoms with van der Waals surface area (Å²) in [6, 6.07) is 1.33. The van der Waals surface area contributed by atoms with E-state index in [1.54, 1.807) is 0 Å². The van der Waals surface area contributed by atoms with E-state index < -0.39 is 0 Å². The Hall–Kier alpha value is -0.720. The molecule has 5 nitrogen and oxygen atoms in total. The highest BCUT2D eigenvalue weighted by atomic mass is 16.3. The fourth-order valence-electron chi connectivity index (χ4n) is 8.40. The number of piperidine rings is 1. The molecule has 4 aliphatic carbocycles. The molecule has 0 aromatic heterocycles. The van der Waals surface area contributed by atoms with Gasteiger partial charge in [-0.25, -0.2) is 0 Å². The van der Waals surface area contributed by atoms with Gasteiger partial charge in [0.15, 0.2) is 0 Å². The number of rotatable bonds is 15. The van der Waals surface area contributed by atoms with Crippen LogP contribution in [0.3, 0.4) is 0 Å². The molecule has 2 saturated carbocycles. The number of fused-ring (bicyclic) bond motifs is 4. The minimum atomic E-state index is 0.177. The molecule has 0 radical (unpaired) electrons. The second-order valence-electron chi connectivity index (χ2n) is 12.4. The van der Waals surface area contributed by atoms with Crippen LogP contribution in [-0.2, 0) is 0 Å². The maximum Gasteiger partial charge on any atom is 0.0558 e. The van der Waals surface area contributed by atoms with Gasteiger partial charge in [-0.05, 0) is 106 Å². The third-order valence-corrected chi connectivity index (χ3v) is 10.3. The Balaban J connectivity index is 1.11. The van der Waals surface area contributed by atoms with Crippen LogP contribution in [0.5, 0.6) is 0 Å². The minimum absolute atomic E-state index is 0.177. The molecular weight excluding hydrogens is 434 g/mol. The molecule has 1 saturated heterocycles. The van der Waals surface area contributed by atoms with Gasteiger partial charge in [0.1, 0.15) is 0 Å². The van der Waals surface area contributed by atoms with E-state index in [9.17, 15) is 10.2 Å². The second-order valence-corrected chi connectivity index (χ2v) is 12.4. The standard InChI is InChI=1S/C30H51N3O2/c34-17-15-32(16-18-35)13-10-28-3-1-2-12-33(28)14-11-31-30(29-22-24-5-7-27(29)21-24)9-8-26-20-23-4-6-25(26)19-23/h4-7,23-31,34-35H,1-3,8-22H2. The summed E-state index contributed by atoms with van der Waals surface area (Å²) in [6.07, 6.45) is 23.6. The molecule has 8 atom stereocenters. The Kier molecular flexibility index (Phi) is 9.39. The molecule has 0 aromatic carbocycles. The lowest BCUT2D eigenvalue weighted by Gasteiger charge is -2.38. The third kappa shape index (κ3) is 6.59. The Labute approximate surface area is 214 Å². The lowest BCUT2D eigenvalue weighted by molar-refractivity contribution is 0.109. The molecule has 3 N–H and O–H groups in total. The number of hydrogen-bond acceptors (Lipinski definition) is 5. The van der Waals surface area contributed by atoms with Crippen molar-refractivity contribution in [3.05, 3.63) is 24.3 Å². The van der Waals surface area contributed by atoms with Crippen molar-refractivity contribution in [2.75, 3.05) is 52.5 Å². The quantitative estimate of drug-likeness (QED) is 0.309. The van der Waals surface area contributed by atoms with Crippen molar-refractivity contribution >= 4 is 0 Å². The van der Waals surface area contributed by atoms with Crippen molar-refractivity contribution in [1.82, 2.24) is 15.1 Å². The number of likely N-dealkylation sites (tertiary alicyclic amines) is 1. The van der Waals surface area contributed by atoms with Gasteiger partial charge in [0.05, 0.1) is 13.2 Å². The van der Waals surface area contributed by atoms with E-state index in [1.165, 1.54) is 64.3 Å². The molecule has 5 heteroatoms. The average molecular weight is 486 g/mol. The summed E-state index contributed by atoms with van der Waals surface area (Å²) in [5.41, 5.74) is 0. The van der Waals surface area contributed by atoms with Crippen molar-refractivity contribution in [1.29, 1.82) is 0 Å². The molecule has 5 aliphatic rings. The van der Waals surface area contributed by atoms with E-state index >= 15 is 0 Å². The highest BCUT2D eigenvalue weighted by molar-refractivity contribution is 5.13. The van der Waals surface area contributed by atoms with Crippen molar-refractivity contribution in [2.24, 2.45) is 35.5 Å². The van der Waals surface area contributed by atoms with Crippen molar-refractivity contribution < 1.29 is 10.2 Å². The number of allylic oxidation sites excluding steroid dienone is 4. The van der Waals surface area contributed by atoms with E-state index in [1.807, 2.05) is 0 Å². The summed E-state index contributed by atoms with van der Waals surface area (Å²) >= 11 is 0. The summed E-state index contributed by atoms with van der Waals surface area (Å²) in [5.74, 6) is 5.24. The van der Waals surface area contributed by atoms with Gasteiger partial charge in [-0.1, -0.05) is 30.7 Å². The Morgan fingerprint density at radius 2 is 1.63 bits per heavy atom. The van der Waals surface area contributed by atoms with Crippen LogP contribution >= 0.6 is 0 Å². The van der Waals surface area contributed by atoms with E-state index in [-0.39, 0.29) is 13.2 Å². The van der Waals surface area contributed by atoms with Crippen molar-refractivity contribution in [2.45, 2.75) is 76.3 Å². The zero-order valence-electron chi connectivity index (χ0n) is 21.9. The Morgan fingerprint density at radius 3 is 2.29 bits per heavy atom. The largest absolute Gasteiger partial charge is 0.395 e. The highest BCUT2D eigenvalue weighted by Gasteiger charge is 2.41. The molecule has 8 unspecified atom stereocenters. The van der Waals surface area contributed by atoms with Crippen LogP contribution in [0.2, 0.25) is 0 Å². The lowest BCUT2D eigenvalue weighted by atomic mass is 9.81. The number of hydrogen-bond donors (Lipinski definition) is 3. The maximum atomic E-state index is 9.34. The summed E-state index contributed by atoms with van der Waals surface area (Å²) in [5, 5.41) is 22.8. The zero-order valence-corrected chi connectivity index (χ0v) is 21.9. The van der Waals surface area contributed by atoms with Crippen LogP contribution in [0.15, 0.2) is 24.3 Å². The summed E-state index contributed by atoms with van der Waals surface area (Å²) in [4.78, 5) is 4.96. The van der Waals surface area contributed by atoms with Gasteiger partial charge in [0.25, 0.3) is 0 Å². The van der Waals surface area contributed by atoms with Crippen LogP contribution in [0.4, 0.5) is 0 Å². The first-order valence-electron chi connectivity index (χ1n) is 15.0. The Morgan fingerprint density at radius 1 is 0.857 bits per heavy atom. The van der Waals surface area contributed by atoms with Crippen LogP contribution in [0.1, 0.15) is 64.2 Å². The smallest absolute Gasteiger partial charge is 0.0558 e. The molecule has 198 valence electrons. The number of nitrogens with one attached hydrogen (secondary N) is 1. The van der Waals surface area contributed by atoms with Gasteiger partial charge in [-0.2, -0.15) is 0 Å². The van der Waals surface area contributed by atoms with Gasteiger partial charge in [-0.3, -0.25) is 9.80 Å².